The second kappa shape index (κ2) is 7.42. The summed E-state index contributed by atoms with van der Waals surface area (Å²) in [5, 5.41) is 3.70. The SMILES string of the molecule is COc1nc2c(cc1CN[C@@H]1CCCC(C)(C)C1)C(=O)N(C1CCCC1)C2. The standard InChI is InChI=1S/C22H33N3O2/c1-22(2)10-6-7-16(12-22)23-13-15-11-18-19(24-20(15)27-3)14-25(21(18)26)17-8-4-5-9-17/h11,16-17,23H,4-10,12-14H2,1-3H3/t16-/m1/s1. The lowest BCUT2D eigenvalue weighted by Gasteiger charge is -2.35. The molecule has 5 nitrogen and oxygen atoms in total. The zero-order valence-corrected chi connectivity index (χ0v) is 17.0. The van der Waals surface area contributed by atoms with Crippen LogP contribution in [0, 0.1) is 5.41 Å². The van der Waals surface area contributed by atoms with Crippen LogP contribution in [0.3, 0.4) is 0 Å². The van der Waals surface area contributed by atoms with E-state index in [0.29, 0.717) is 36.5 Å². The van der Waals surface area contributed by atoms with E-state index in [1.165, 1.54) is 38.5 Å². The van der Waals surface area contributed by atoms with Gasteiger partial charge >= 0.3 is 0 Å². The Bertz CT molecular complexity index is 710. The van der Waals surface area contributed by atoms with E-state index in [1.807, 2.05) is 11.0 Å². The minimum Gasteiger partial charge on any atom is -0.481 e. The number of nitrogens with one attached hydrogen (secondary N) is 1. The Labute approximate surface area is 162 Å². The number of carbonyl (C=O) groups is 1. The number of ether oxygens (including phenoxy) is 1. The second-order valence-corrected chi connectivity index (χ2v) is 9.36. The summed E-state index contributed by atoms with van der Waals surface area (Å²) in [5.74, 6) is 0.824. The summed E-state index contributed by atoms with van der Waals surface area (Å²) in [6.45, 7) is 6.06. The summed E-state index contributed by atoms with van der Waals surface area (Å²) in [5.41, 5.74) is 3.07. The highest BCUT2D eigenvalue weighted by atomic mass is 16.5. The number of pyridine rings is 1. The minimum atomic E-state index is 0.159. The number of nitrogens with zero attached hydrogens (tertiary/aromatic N) is 2. The number of aromatic nitrogens is 1. The monoisotopic (exact) mass is 371 g/mol. The van der Waals surface area contributed by atoms with Gasteiger partial charge in [0.25, 0.3) is 5.91 Å². The van der Waals surface area contributed by atoms with E-state index in [9.17, 15) is 4.79 Å². The van der Waals surface area contributed by atoms with Gasteiger partial charge in [-0.2, -0.15) is 0 Å². The summed E-state index contributed by atoms with van der Waals surface area (Å²) in [4.78, 5) is 19.7. The Kier molecular flexibility index (Phi) is 5.15. The molecule has 0 radical (unpaired) electrons. The first-order chi connectivity index (χ1) is 13.0. The number of methoxy groups -OCH3 is 1. The maximum Gasteiger partial charge on any atom is 0.256 e. The number of rotatable bonds is 5. The van der Waals surface area contributed by atoms with Crippen molar-refractivity contribution in [3.05, 3.63) is 22.9 Å². The van der Waals surface area contributed by atoms with Crippen LogP contribution in [-0.4, -0.2) is 35.0 Å². The van der Waals surface area contributed by atoms with Gasteiger partial charge in [0.1, 0.15) is 0 Å². The summed E-state index contributed by atoms with van der Waals surface area (Å²) >= 11 is 0. The molecule has 2 heterocycles. The molecule has 1 N–H and O–H groups in total. The molecular formula is C22H33N3O2. The molecule has 148 valence electrons. The molecule has 1 atom stereocenters. The Morgan fingerprint density at radius 2 is 2.04 bits per heavy atom. The third kappa shape index (κ3) is 3.84. The van der Waals surface area contributed by atoms with E-state index in [0.717, 1.165) is 29.7 Å². The average Bonchev–Trinajstić information content (AvgIpc) is 3.26. The Hall–Kier alpha value is -1.62. The van der Waals surface area contributed by atoms with Crippen molar-refractivity contribution in [1.82, 2.24) is 15.2 Å². The first-order valence-corrected chi connectivity index (χ1v) is 10.6. The smallest absolute Gasteiger partial charge is 0.256 e. The normalized spacial score (nSPS) is 25.1. The van der Waals surface area contributed by atoms with Crippen LogP contribution in [0.5, 0.6) is 5.88 Å². The van der Waals surface area contributed by atoms with E-state index >= 15 is 0 Å². The fourth-order valence-electron chi connectivity index (χ4n) is 5.21. The maximum absolute atomic E-state index is 13.0. The molecule has 4 rings (SSSR count). The quantitative estimate of drug-likeness (QED) is 0.848. The highest BCUT2D eigenvalue weighted by Gasteiger charge is 2.36. The first kappa shape index (κ1) is 18.7. The molecule has 2 aliphatic carbocycles. The van der Waals surface area contributed by atoms with Crippen molar-refractivity contribution in [3.8, 4) is 5.88 Å². The van der Waals surface area contributed by atoms with Gasteiger partial charge in [0.15, 0.2) is 0 Å². The summed E-state index contributed by atoms with van der Waals surface area (Å²) in [6, 6.07) is 2.94. The molecule has 0 spiro atoms. The van der Waals surface area contributed by atoms with Crippen LogP contribution in [0.2, 0.25) is 0 Å². The lowest BCUT2D eigenvalue weighted by Crippen LogP contribution is -2.37. The second-order valence-electron chi connectivity index (χ2n) is 9.36. The maximum atomic E-state index is 13.0. The van der Waals surface area contributed by atoms with Crippen molar-refractivity contribution >= 4 is 5.91 Å². The van der Waals surface area contributed by atoms with Gasteiger partial charge in [-0.05, 0) is 43.6 Å². The van der Waals surface area contributed by atoms with Crippen molar-refractivity contribution in [1.29, 1.82) is 0 Å². The molecule has 0 bridgehead atoms. The molecule has 1 amide bonds. The number of hydrogen-bond donors (Lipinski definition) is 1. The average molecular weight is 372 g/mol. The zero-order valence-electron chi connectivity index (χ0n) is 17.0. The van der Waals surface area contributed by atoms with Gasteiger partial charge in [0.2, 0.25) is 5.88 Å². The van der Waals surface area contributed by atoms with Gasteiger partial charge in [0.05, 0.1) is 24.9 Å². The van der Waals surface area contributed by atoms with Gasteiger partial charge in [0, 0.05) is 24.2 Å². The molecule has 0 aromatic carbocycles. The lowest BCUT2D eigenvalue weighted by atomic mass is 9.75. The third-order valence-electron chi connectivity index (χ3n) is 6.70. The van der Waals surface area contributed by atoms with E-state index < -0.39 is 0 Å². The Morgan fingerprint density at radius 1 is 1.26 bits per heavy atom. The van der Waals surface area contributed by atoms with Crippen LogP contribution in [0.1, 0.15) is 86.8 Å². The topological polar surface area (TPSA) is 54.5 Å². The molecule has 1 aromatic heterocycles. The predicted octanol–water partition coefficient (Wildman–Crippen LogP) is 4.05. The van der Waals surface area contributed by atoms with Crippen LogP contribution in [0.15, 0.2) is 6.07 Å². The fraction of sp³-hybridized carbons (Fsp3) is 0.727. The highest BCUT2D eigenvalue weighted by Crippen LogP contribution is 2.36. The summed E-state index contributed by atoms with van der Waals surface area (Å²) < 4.78 is 5.57. The third-order valence-corrected chi connectivity index (χ3v) is 6.70. The van der Waals surface area contributed by atoms with Crippen LogP contribution < -0.4 is 10.1 Å². The fourth-order valence-corrected chi connectivity index (χ4v) is 5.21. The predicted molar refractivity (Wildman–Crippen MR) is 106 cm³/mol. The lowest BCUT2D eigenvalue weighted by molar-refractivity contribution is 0.0706. The number of carbonyl (C=O) groups excluding carboxylic acids is 1. The van der Waals surface area contributed by atoms with Gasteiger partial charge in [-0.15, -0.1) is 0 Å². The van der Waals surface area contributed by atoms with E-state index in [4.69, 9.17) is 9.72 Å². The van der Waals surface area contributed by atoms with Crippen molar-refractivity contribution in [3.63, 3.8) is 0 Å². The van der Waals surface area contributed by atoms with Crippen LogP contribution >= 0.6 is 0 Å². The Morgan fingerprint density at radius 3 is 2.74 bits per heavy atom. The largest absolute Gasteiger partial charge is 0.481 e. The van der Waals surface area contributed by atoms with Crippen LogP contribution in [0.4, 0.5) is 0 Å². The molecular weight excluding hydrogens is 338 g/mol. The Balaban J connectivity index is 1.49. The van der Waals surface area contributed by atoms with Gasteiger partial charge in [-0.1, -0.05) is 33.1 Å². The minimum absolute atomic E-state index is 0.159. The van der Waals surface area contributed by atoms with Gasteiger partial charge in [-0.3, -0.25) is 4.79 Å². The highest BCUT2D eigenvalue weighted by molar-refractivity contribution is 5.98. The molecule has 1 aromatic rings. The molecule has 2 saturated carbocycles. The number of fused-ring (bicyclic) bond motifs is 1. The van der Waals surface area contributed by atoms with Crippen molar-refractivity contribution in [2.24, 2.45) is 5.41 Å². The van der Waals surface area contributed by atoms with Gasteiger partial charge < -0.3 is 15.0 Å². The molecule has 2 fully saturated rings. The van der Waals surface area contributed by atoms with E-state index in [1.54, 1.807) is 7.11 Å². The van der Waals surface area contributed by atoms with Gasteiger partial charge in [-0.25, -0.2) is 4.98 Å². The van der Waals surface area contributed by atoms with Crippen LogP contribution in [-0.2, 0) is 13.1 Å². The van der Waals surface area contributed by atoms with E-state index in [2.05, 4.69) is 19.2 Å². The van der Waals surface area contributed by atoms with Crippen molar-refractivity contribution < 1.29 is 9.53 Å². The molecule has 5 heteroatoms. The summed E-state index contributed by atoms with van der Waals surface area (Å²) in [7, 11) is 1.67. The molecule has 3 aliphatic rings. The first-order valence-electron chi connectivity index (χ1n) is 10.6. The zero-order chi connectivity index (χ0) is 19.0. The summed E-state index contributed by atoms with van der Waals surface area (Å²) in [6.07, 6.45) is 9.72. The van der Waals surface area contributed by atoms with Crippen molar-refractivity contribution in [2.45, 2.75) is 90.4 Å². The van der Waals surface area contributed by atoms with E-state index in [-0.39, 0.29) is 5.91 Å². The van der Waals surface area contributed by atoms with Crippen LogP contribution in [0.25, 0.3) is 0 Å². The molecule has 1 aliphatic heterocycles. The number of amides is 1. The molecule has 0 saturated heterocycles. The molecule has 27 heavy (non-hydrogen) atoms. The number of hydrogen-bond acceptors (Lipinski definition) is 4. The molecule has 0 unspecified atom stereocenters. The van der Waals surface area contributed by atoms with Crippen molar-refractivity contribution in [2.75, 3.05) is 7.11 Å².